The van der Waals surface area contributed by atoms with Gasteiger partial charge in [0.05, 0.1) is 4.90 Å². The molecule has 19 heavy (non-hydrogen) atoms. The van der Waals surface area contributed by atoms with Crippen molar-refractivity contribution in [3.63, 3.8) is 0 Å². The Morgan fingerprint density at radius 2 is 1.89 bits per heavy atom. The van der Waals surface area contributed by atoms with Crippen LogP contribution >= 0.6 is 0 Å². The van der Waals surface area contributed by atoms with E-state index in [1.54, 1.807) is 12.1 Å². The fraction of sp³-hybridized carbons (Fsp3) is 0.462. The van der Waals surface area contributed by atoms with E-state index in [1.807, 2.05) is 6.92 Å². The molecule has 0 radical (unpaired) electrons. The molecular formula is C13H18N2O3S. The first-order valence-corrected chi connectivity index (χ1v) is 7.80. The van der Waals surface area contributed by atoms with Crippen LogP contribution in [-0.2, 0) is 14.8 Å². The summed E-state index contributed by atoms with van der Waals surface area (Å²) in [7, 11) is -3.44. The molecular weight excluding hydrogens is 264 g/mol. The standard InChI is InChI=1S/C13H18N2O3S/c1-11-5-6-12(9-13(11)14-10-16)19(17,18)15-7-3-2-4-8-15/h5-6,9-10H,2-4,7-8H2,1H3,(H,14,16). The predicted octanol–water partition coefficient (Wildman–Crippen LogP) is 1.74. The van der Waals surface area contributed by atoms with E-state index in [4.69, 9.17) is 0 Å². The Morgan fingerprint density at radius 3 is 2.53 bits per heavy atom. The molecule has 1 N–H and O–H groups in total. The van der Waals surface area contributed by atoms with Gasteiger partial charge >= 0.3 is 0 Å². The molecule has 0 unspecified atom stereocenters. The number of anilines is 1. The van der Waals surface area contributed by atoms with Crippen LogP contribution in [0.5, 0.6) is 0 Å². The molecule has 1 aliphatic heterocycles. The van der Waals surface area contributed by atoms with E-state index in [9.17, 15) is 13.2 Å². The Labute approximate surface area is 113 Å². The second-order valence-corrected chi connectivity index (χ2v) is 6.64. The second-order valence-electron chi connectivity index (χ2n) is 4.70. The van der Waals surface area contributed by atoms with Crippen molar-refractivity contribution in [1.29, 1.82) is 0 Å². The van der Waals surface area contributed by atoms with Crippen LogP contribution in [0.2, 0.25) is 0 Å². The largest absolute Gasteiger partial charge is 0.328 e. The number of rotatable bonds is 4. The lowest BCUT2D eigenvalue weighted by atomic mass is 10.2. The third kappa shape index (κ3) is 2.96. The van der Waals surface area contributed by atoms with Crippen molar-refractivity contribution in [2.75, 3.05) is 18.4 Å². The highest BCUT2D eigenvalue weighted by molar-refractivity contribution is 7.89. The monoisotopic (exact) mass is 282 g/mol. The molecule has 0 saturated carbocycles. The molecule has 1 aromatic carbocycles. The van der Waals surface area contributed by atoms with Crippen LogP contribution in [0, 0.1) is 6.92 Å². The number of amides is 1. The maximum atomic E-state index is 12.5. The number of hydrogen-bond donors (Lipinski definition) is 1. The van der Waals surface area contributed by atoms with Crippen LogP contribution in [0.3, 0.4) is 0 Å². The summed E-state index contributed by atoms with van der Waals surface area (Å²) in [6, 6.07) is 4.82. The quantitative estimate of drug-likeness (QED) is 0.855. The van der Waals surface area contributed by atoms with E-state index in [-0.39, 0.29) is 4.90 Å². The number of nitrogens with zero attached hydrogens (tertiary/aromatic N) is 1. The number of piperidine rings is 1. The molecule has 1 amide bonds. The molecule has 6 heteroatoms. The topological polar surface area (TPSA) is 66.5 Å². The highest BCUT2D eigenvalue weighted by Crippen LogP contribution is 2.24. The highest BCUT2D eigenvalue weighted by Gasteiger charge is 2.26. The number of carbonyl (C=O) groups excluding carboxylic acids is 1. The van der Waals surface area contributed by atoms with Crippen molar-refractivity contribution in [2.45, 2.75) is 31.1 Å². The summed E-state index contributed by atoms with van der Waals surface area (Å²) >= 11 is 0. The van der Waals surface area contributed by atoms with Crippen molar-refractivity contribution < 1.29 is 13.2 Å². The van der Waals surface area contributed by atoms with E-state index in [2.05, 4.69) is 5.32 Å². The molecule has 0 atom stereocenters. The Bertz CT molecular complexity index is 563. The van der Waals surface area contributed by atoms with E-state index >= 15 is 0 Å². The van der Waals surface area contributed by atoms with Crippen molar-refractivity contribution in [1.82, 2.24) is 4.31 Å². The van der Waals surface area contributed by atoms with Gasteiger partial charge in [-0.3, -0.25) is 4.79 Å². The van der Waals surface area contributed by atoms with Gasteiger partial charge in [0.2, 0.25) is 16.4 Å². The van der Waals surface area contributed by atoms with E-state index < -0.39 is 10.0 Å². The van der Waals surface area contributed by atoms with Gasteiger partial charge in [-0.15, -0.1) is 0 Å². The van der Waals surface area contributed by atoms with E-state index in [0.29, 0.717) is 25.2 Å². The number of benzene rings is 1. The lowest BCUT2D eigenvalue weighted by Gasteiger charge is -2.26. The van der Waals surface area contributed by atoms with Gasteiger partial charge in [0.15, 0.2) is 0 Å². The molecule has 0 spiro atoms. The van der Waals surface area contributed by atoms with Crippen LogP contribution < -0.4 is 5.32 Å². The van der Waals surface area contributed by atoms with Crippen molar-refractivity contribution in [3.8, 4) is 0 Å². The molecule has 1 aliphatic rings. The summed E-state index contributed by atoms with van der Waals surface area (Å²) in [6.45, 7) is 2.97. The molecule has 1 heterocycles. The van der Waals surface area contributed by atoms with Crippen molar-refractivity contribution in [3.05, 3.63) is 23.8 Å². The minimum atomic E-state index is -3.44. The molecule has 1 fully saturated rings. The minimum absolute atomic E-state index is 0.240. The highest BCUT2D eigenvalue weighted by atomic mass is 32.2. The van der Waals surface area contributed by atoms with Gasteiger partial charge in [0, 0.05) is 18.8 Å². The fourth-order valence-electron chi connectivity index (χ4n) is 2.23. The van der Waals surface area contributed by atoms with Gasteiger partial charge in [-0.1, -0.05) is 12.5 Å². The Kier molecular flexibility index (Phi) is 4.21. The third-order valence-corrected chi connectivity index (χ3v) is 5.27. The first-order valence-electron chi connectivity index (χ1n) is 6.36. The number of hydrogen-bond acceptors (Lipinski definition) is 3. The molecule has 0 bridgehead atoms. The third-order valence-electron chi connectivity index (χ3n) is 3.38. The number of aryl methyl sites for hydroxylation is 1. The smallest absolute Gasteiger partial charge is 0.243 e. The van der Waals surface area contributed by atoms with Gasteiger partial charge in [0.25, 0.3) is 0 Å². The van der Waals surface area contributed by atoms with Gasteiger partial charge < -0.3 is 5.32 Å². The normalized spacial score (nSPS) is 17.1. The van der Waals surface area contributed by atoms with Gasteiger partial charge in [-0.05, 0) is 37.5 Å². The zero-order valence-corrected chi connectivity index (χ0v) is 11.7. The van der Waals surface area contributed by atoms with Crippen molar-refractivity contribution in [2.24, 2.45) is 0 Å². The van der Waals surface area contributed by atoms with E-state index in [0.717, 1.165) is 24.8 Å². The predicted molar refractivity (Wildman–Crippen MR) is 73.5 cm³/mol. The molecule has 0 aliphatic carbocycles. The summed E-state index contributed by atoms with van der Waals surface area (Å²) in [5, 5.41) is 2.53. The minimum Gasteiger partial charge on any atom is -0.328 e. The Balaban J connectivity index is 2.34. The molecule has 0 aromatic heterocycles. The summed E-state index contributed by atoms with van der Waals surface area (Å²) in [5.41, 5.74) is 1.37. The van der Waals surface area contributed by atoms with Crippen LogP contribution in [0.1, 0.15) is 24.8 Å². The molecule has 104 valence electrons. The Morgan fingerprint density at radius 1 is 1.21 bits per heavy atom. The zero-order valence-electron chi connectivity index (χ0n) is 10.9. The van der Waals surface area contributed by atoms with Crippen molar-refractivity contribution >= 4 is 22.1 Å². The fourth-order valence-corrected chi connectivity index (χ4v) is 3.78. The van der Waals surface area contributed by atoms with Crippen LogP contribution in [0.15, 0.2) is 23.1 Å². The summed E-state index contributed by atoms with van der Waals surface area (Å²) in [6.07, 6.45) is 3.45. The summed E-state index contributed by atoms with van der Waals surface area (Å²) in [5.74, 6) is 0. The molecule has 1 saturated heterocycles. The van der Waals surface area contributed by atoms with Crippen LogP contribution in [0.25, 0.3) is 0 Å². The average Bonchev–Trinajstić information content (AvgIpc) is 2.42. The van der Waals surface area contributed by atoms with Gasteiger partial charge in [-0.25, -0.2) is 8.42 Å². The first kappa shape index (κ1) is 14.0. The van der Waals surface area contributed by atoms with Gasteiger partial charge in [0.1, 0.15) is 0 Å². The number of carbonyl (C=O) groups is 1. The molecule has 5 nitrogen and oxygen atoms in total. The maximum absolute atomic E-state index is 12.5. The van der Waals surface area contributed by atoms with Crippen LogP contribution in [0.4, 0.5) is 5.69 Å². The SMILES string of the molecule is Cc1ccc(S(=O)(=O)N2CCCCC2)cc1NC=O. The lowest BCUT2D eigenvalue weighted by Crippen LogP contribution is -2.35. The number of sulfonamides is 1. The Hall–Kier alpha value is -1.40. The summed E-state index contributed by atoms with van der Waals surface area (Å²) < 4.78 is 26.4. The van der Waals surface area contributed by atoms with Gasteiger partial charge in [-0.2, -0.15) is 4.31 Å². The van der Waals surface area contributed by atoms with E-state index in [1.165, 1.54) is 10.4 Å². The second kappa shape index (κ2) is 5.71. The van der Waals surface area contributed by atoms with Crippen LogP contribution in [-0.4, -0.2) is 32.2 Å². The lowest BCUT2D eigenvalue weighted by molar-refractivity contribution is -0.105. The zero-order chi connectivity index (χ0) is 13.9. The summed E-state index contributed by atoms with van der Waals surface area (Å²) in [4.78, 5) is 10.8. The average molecular weight is 282 g/mol. The first-order chi connectivity index (χ1) is 9.05. The maximum Gasteiger partial charge on any atom is 0.243 e. The number of nitrogens with one attached hydrogen (secondary N) is 1. The molecule has 1 aromatic rings. The molecule has 2 rings (SSSR count).